The maximum atomic E-state index is 11.6. The first-order valence-corrected chi connectivity index (χ1v) is 8.49. The molecule has 0 aromatic heterocycles. The Morgan fingerprint density at radius 3 is 2.37 bits per heavy atom. The third-order valence-corrected chi connectivity index (χ3v) is 4.82. The Kier molecular flexibility index (Phi) is 6.31. The molecule has 0 bridgehead atoms. The summed E-state index contributed by atoms with van der Waals surface area (Å²) in [6, 6.07) is 9.60. The van der Waals surface area contributed by atoms with Gasteiger partial charge in [-0.2, -0.15) is 0 Å². The second-order valence-corrected chi connectivity index (χ2v) is 7.05. The van der Waals surface area contributed by atoms with Gasteiger partial charge < -0.3 is 10.0 Å². The summed E-state index contributed by atoms with van der Waals surface area (Å²) in [4.78, 5) is 1.93. The Morgan fingerprint density at radius 1 is 1.21 bits per heavy atom. The van der Waals surface area contributed by atoms with E-state index in [2.05, 4.69) is 0 Å². The van der Waals surface area contributed by atoms with Crippen molar-refractivity contribution in [1.29, 1.82) is 0 Å². The van der Waals surface area contributed by atoms with Gasteiger partial charge in [0.25, 0.3) is 0 Å². The van der Waals surface area contributed by atoms with Crippen LogP contribution in [0.3, 0.4) is 0 Å². The molecule has 0 saturated heterocycles. The minimum Gasteiger partial charge on any atom is -0.391 e. The van der Waals surface area contributed by atoms with E-state index in [9.17, 15) is 13.5 Å². The van der Waals surface area contributed by atoms with Gasteiger partial charge in [-0.3, -0.25) is 0 Å². The third kappa shape index (κ3) is 5.61. The molecule has 0 aliphatic heterocycles. The zero-order valence-electron chi connectivity index (χ0n) is 11.6. The summed E-state index contributed by atoms with van der Waals surface area (Å²) in [5.41, 5.74) is 0.946. The Morgan fingerprint density at radius 2 is 1.84 bits per heavy atom. The molecule has 4 nitrogen and oxygen atoms in total. The van der Waals surface area contributed by atoms with E-state index in [0.717, 1.165) is 5.69 Å². The number of anilines is 1. The Hall–Kier alpha value is -1.07. The van der Waals surface area contributed by atoms with Gasteiger partial charge in [0.2, 0.25) is 0 Å². The van der Waals surface area contributed by atoms with Gasteiger partial charge in [0.15, 0.2) is 9.84 Å². The Balaban J connectivity index is 2.76. The second kappa shape index (κ2) is 7.50. The lowest BCUT2D eigenvalue weighted by atomic mass is 10.2. The SMILES string of the molecule is CCC(O)CN(CCS(=O)(=O)CC)c1ccccc1. The van der Waals surface area contributed by atoms with Gasteiger partial charge >= 0.3 is 0 Å². The fraction of sp³-hybridized carbons (Fsp3) is 0.571. The average Bonchev–Trinajstić information content (AvgIpc) is 2.44. The number of rotatable bonds is 8. The van der Waals surface area contributed by atoms with E-state index < -0.39 is 15.9 Å². The van der Waals surface area contributed by atoms with E-state index in [-0.39, 0.29) is 11.5 Å². The van der Waals surface area contributed by atoms with Crippen molar-refractivity contribution in [3.63, 3.8) is 0 Å². The maximum absolute atomic E-state index is 11.6. The molecule has 0 aliphatic rings. The summed E-state index contributed by atoms with van der Waals surface area (Å²) in [5, 5.41) is 9.79. The van der Waals surface area contributed by atoms with E-state index in [1.165, 1.54) is 0 Å². The normalized spacial score (nSPS) is 13.2. The maximum Gasteiger partial charge on any atom is 0.151 e. The first-order valence-electron chi connectivity index (χ1n) is 6.67. The molecule has 0 aliphatic carbocycles. The molecule has 19 heavy (non-hydrogen) atoms. The highest BCUT2D eigenvalue weighted by Gasteiger charge is 2.15. The summed E-state index contributed by atoms with van der Waals surface area (Å²) in [5.74, 6) is 0.279. The van der Waals surface area contributed by atoms with Crippen LogP contribution < -0.4 is 4.90 Å². The predicted molar refractivity (Wildman–Crippen MR) is 79.3 cm³/mol. The van der Waals surface area contributed by atoms with Crippen LogP contribution >= 0.6 is 0 Å². The van der Waals surface area contributed by atoms with Crippen LogP contribution in [0.1, 0.15) is 20.3 Å². The van der Waals surface area contributed by atoms with Crippen LogP contribution in [-0.4, -0.2) is 44.2 Å². The van der Waals surface area contributed by atoms with Crippen molar-refractivity contribution in [3.8, 4) is 0 Å². The minimum atomic E-state index is -2.99. The van der Waals surface area contributed by atoms with Crippen molar-refractivity contribution in [2.45, 2.75) is 26.4 Å². The van der Waals surface area contributed by atoms with Crippen LogP contribution in [0, 0.1) is 0 Å². The van der Waals surface area contributed by atoms with Crippen molar-refractivity contribution in [2.24, 2.45) is 0 Å². The fourth-order valence-corrected chi connectivity index (χ4v) is 2.53. The van der Waals surface area contributed by atoms with E-state index in [0.29, 0.717) is 19.5 Å². The number of hydrogen-bond donors (Lipinski definition) is 1. The van der Waals surface area contributed by atoms with Crippen molar-refractivity contribution in [2.75, 3.05) is 29.5 Å². The van der Waals surface area contributed by atoms with Crippen LogP contribution in [-0.2, 0) is 9.84 Å². The number of aliphatic hydroxyl groups is 1. The molecule has 1 aromatic carbocycles. The first-order chi connectivity index (χ1) is 8.98. The summed E-state index contributed by atoms with van der Waals surface area (Å²) in [6.45, 7) is 4.44. The van der Waals surface area contributed by atoms with Crippen molar-refractivity contribution < 1.29 is 13.5 Å². The highest BCUT2D eigenvalue weighted by atomic mass is 32.2. The Bertz CT molecular complexity index is 459. The largest absolute Gasteiger partial charge is 0.391 e. The Labute approximate surface area is 116 Å². The standard InChI is InChI=1S/C14H23NO3S/c1-3-14(16)12-15(10-11-19(17,18)4-2)13-8-6-5-7-9-13/h5-9,14,16H,3-4,10-12H2,1-2H3. The van der Waals surface area contributed by atoms with Crippen LogP contribution in [0.2, 0.25) is 0 Å². The second-order valence-electron chi connectivity index (χ2n) is 4.58. The summed E-state index contributed by atoms with van der Waals surface area (Å²) >= 11 is 0. The van der Waals surface area contributed by atoms with Gasteiger partial charge in [0, 0.05) is 24.5 Å². The van der Waals surface area contributed by atoms with E-state index in [1.807, 2.05) is 42.2 Å². The molecule has 0 fully saturated rings. The van der Waals surface area contributed by atoms with Crippen molar-refractivity contribution in [1.82, 2.24) is 0 Å². The summed E-state index contributed by atoms with van der Waals surface area (Å²) < 4.78 is 23.2. The number of sulfone groups is 1. The van der Waals surface area contributed by atoms with Gasteiger partial charge in [-0.1, -0.05) is 32.0 Å². The average molecular weight is 285 g/mol. The summed E-state index contributed by atoms with van der Waals surface area (Å²) in [6.07, 6.45) is 0.216. The molecule has 1 unspecified atom stereocenters. The topological polar surface area (TPSA) is 57.6 Å². The van der Waals surface area contributed by atoms with Gasteiger partial charge in [-0.15, -0.1) is 0 Å². The summed E-state index contributed by atoms with van der Waals surface area (Å²) in [7, 11) is -2.99. The molecule has 0 saturated carbocycles. The molecule has 108 valence electrons. The van der Waals surface area contributed by atoms with Gasteiger partial charge in [-0.05, 0) is 18.6 Å². The smallest absolute Gasteiger partial charge is 0.151 e. The number of para-hydroxylation sites is 1. The number of nitrogens with zero attached hydrogens (tertiary/aromatic N) is 1. The molecule has 0 amide bonds. The molecule has 1 atom stereocenters. The van der Waals surface area contributed by atoms with Crippen LogP contribution in [0.5, 0.6) is 0 Å². The van der Waals surface area contributed by atoms with E-state index in [4.69, 9.17) is 0 Å². The van der Waals surface area contributed by atoms with E-state index >= 15 is 0 Å². The van der Waals surface area contributed by atoms with Crippen LogP contribution in [0.4, 0.5) is 5.69 Å². The molecule has 0 spiro atoms. The lowest BCUT2D eigenvalue weighted by Crippen LogP contribution is -2.36. The lowest BCUT2D eigenvalue weighted by Gasteiger charge is -2.26. The zero-order valence-corrected chi connectivity index (χ0v) is 12.4. The number of aliphatic hydroxyl groups excluding tert-OH is 1. The third-order valence-electron chi connectivity index (χ3n) is 3.14. The van der Waals surface area contributed by atoms with Crippen LogP contribution in [0.25, 0.3) is 0 Å². The quantitative estimate of drug-likeness (QED) is 0.790. The minimum absolute atomic E-state index is 0.120. The van der Waals surface area contributed by atoms with Gasteiger partial charge in [0.05, 0.1) is 11.9 Å². The molecule has 1 N–H and O–H groups in total. The molecular formula is C14H23NO3S. The molecule has 1 rings (SSSR count). The monoisotopic (exact) mass is 285 g/mol. The lowest BCUT2D eigenvalue weighted by molar-refractivity contribution is 0.176. The molecular weight excluding hydrogens is 262 g/mol. The van der Waals surface area contributed by atoms with Crippen molar-refractivity contribution >= 4 is 15.5 Å². The molecule has 0 heterocycles. The molecule has 0 radical (unpaired) electrons. The highest BCUT2D eigenvalue weighted by Crippen LogP contribution is 2.14. The fourth-order valence-electron chi connectivity index (χ4n) is 1.74. The van der Waals surface area contributed by atoms with Crippen molar-refractivity contribution in [3.05, 3.63) is 30.3 Å². The molecule has 5 heteroatoms. The highest BCUT2D eigenvalue weighted by molar-refractivity contribution is 7.91. The molecule has 1 aromatic rings. The predicted octanol–water partition coefficient (Wildman–Crippen LogP) is 1.70. The van der Waals surface area contributed by atoms with Crippen LogP contribution in [0.15, 0.2) is 30.3 Å². The van der Waals surface area contributed by atoms with Gasteiger partial charge in [-0.25, -0.2) is 8.42 Å². The zero-order chi connectivity index (χ0) is 14.3. The van der Waals surface area contributed by atoms with E-state index in [1.54, 1.807) is 6.92 Å². The number of hydrogen-bond acceptors (Lipinski definition) is 4. The van der Waals surface area contributed by atoms with Gasteiger partial charge in [0.1, 0.15) is 0 Å². The first kappa shape index (κ1) is 16.0. The number of benzene rings is 1.